The van der Waals surface area contributed by atoms with Crippen molar-refractivity contribution in [2.24, 2.45) is 5.41 Å². The summed E-state index contributed by atoms with van der Waals surface area (Å²) in [5.41, 5.74) is 1.68. The first-order valence-electron chi connectivity index (χ1n) is 7.08. The molecule has 1 aromatic carbocycles. The van der Waals surface area contributed by atoms with E-state index in [4.69, 9.17) is 11.6 Å². The molecule has 0 unspecified atom stereocenters. The Morgan fingerprint density at radius 2 is 2.10 bits per heavy atom. The van der Waals surface area contributed by atoms with Gasteiger partial charge >= 0.3 is 0 Å². The van der Waals surface area contributed by atoms with Crippen LogP contribution in [-0.4, -0.2) is 24.2 Å². The molecule has 4 nitrogen and oxygen atoms in total. The second kappa shape index (κ2) is 4.99. The fraction of sp³-hybridized carbons (Fsp3) is 0.533. The SMILES string of the molecule is CC1(Cn2c(CCl)nc3c(S(C)(=O)=O)cccc32)CCC1. The topological polar surface area (TPSA) is 52.0 Å². The minimum Gasteiger partial charge on any atom is -0.326 e. The highest BCUT2D eigenvalue weighted by molar-refractivity contribution is 7.91. The number of aromatic nitrogens is 2. The molecule has 21 heavy (non-hydrogen) atoms. The largest absolute Gasteiger partial charge is 0.326 e. The molecule has 0 bridgehead atoms. The number of rotatable bonds is 4. The van der Waals surface area contributed by atoms with Gasteiger partial charge in [-0.2, -0.15) is 0 Å². The van der Waals surface area contributed by atoms with E-state index in [1.165, 1.54) is 25.5 Å². The van der Waals surface area contributed by atoms with Crippen LogP contribution in [0.1, 0.15) is 32.0 Å². The molecule has 1 aliphatic rings. The number of fused-ring (bicyclic) bond motifs is 1. The number of hydrogen-bond acceptors (Lipinski definition) is 3. The lowest BCUT2D eigenvalue weighted by Gasteiger charge is -2.39. The van der Waals surface area contributed by atoms with Gasteiger partial charge in [-0.05, 0) is 30.4 Å². The third-order valence-electron chi connectivity index (χ3n) is 4.44. The molecular weight excluding hydrogens is 308 g/mol. The highest BCUT2D eigenvalue weighted by Gasteiger charge is 2.33. The van der Waals surface area contributed by atoms with Crippen molar-refractivity contribution in [2.45, 2.75) is 43.5 Å². The maximum absolute atomic E-state index is 11.9. The average Bonchev–Trinajstić information content (AvgIpc) is 2.73. The van der Waals surface area contributed by atoms with E-state index in [2.05, 4.69) is 16.5 Å². The van der Waals surface area contributed by atoms with Gasteiger partial charge in [0.2, 0.25) is 0 Å². The van der Waals surface area contributed by atoms with E-state index in [9.17, 15) is 8.42 Å². The average molecular weight is 327 g/mol. The van der Waals surface area contributed by atoms with E-state index < -0.39 is 9.84 Å². The smallest absolute Gasteiger partial charge is 0.177 e. The van der Waals surface area contributed by atoms with Crippen molar-refractivity contribution in [1.29, 1.82) is 0 Å². The molecule has 3 rings (SSSR count). The van der Waals surface area contributed by atoms with Crippen molar-refractivity contribution in [3.05, 3.63) is 24.0 Å². The van der Waals surface area contributed by atoms with Crippen LogP contribution >= 0.6 is 11.6 Å². The van der Waals surface area contributed by atoms with Crippen LogP contribution in [0.25, 0.3) is 11.0 Å². The summed E-state index contributed by atoms with van der Waals surface area (Å²) in [4.78, 5) is 4.77. The van der Waals surface area contributed by atoms with E-state index in [0.717, 1.165) is 17.9 Å². The van der Waals surface area contributed by atoms with Gasteiger partial charge in [0.1, 0.15) is 11.3 Å². The zero-order valence-electron chi connectivity index (χ0n) is 12.3. The maximum Gasteiger partial charge on any atom is 0.177 e. The quantitative estimate of drug-likeness (QED) is 0.809. The lowest BCUT2D eigenvalue weighted by Crippen LogP contribution is -2.31. The molecule has 0 amide bonds. The zero-order chi connectivity index (χ0) is 15.3. The molecule has 0 spiro atoms. The predicted molar refractivity (Wildman–Crippen MR) is 84.4 cm³/mol. The molecule has 1 aliphatic carbocycles. The summed E-state index contributed by atoms with van der Waals surface area (Å²) in [6.45, 7) is 3.11. The van der Waals surface area contributed by atoms with Gasteiger partial charge in [0, 0.05) is 12.8 Å². The first-order chi connectivity index (χ1) is 9.84. The first-order valence-corrected chi connectivity index (χ1v) is 9.51. The number of sulfone groups is 1. The molecule has 114 valence electrons. The molecule has 1 saturated carbocycles. The molecule has 1 heterocycles. The maximum atomic E-state index is 11.9. The van der Waals surface area contributed by atoms with E-state index >= 15 is 0 Å². The highest BCUT2D eigenvalue weighted by atomic mass is 35.5. The van der Waals surface area contributed by atoms with E-state index in [1.54, 1.807) is 12.1 Å². The minimum atomic E-state index is -3.30. The zero-order valence-corrected chi connectivity index (χ0v) is 13.8. The summed E-state index contributed by atoms with van der Waals surface area (Å²) >= 11 is 6.03. The molecule has 1 aromatic heterocycles. The van der Waals surface area contributed by atoms with Crippen LogP contribution in [0.2, 0.25) is 0 Å². The fourth-order valence-corrected chi connectivity index (χ4v) is 4.10. The number of para-hydroxylation sites is 1. The van der Waals surface area contributed by atoms with Gasteiger partial charge < -0.3 is 4.57 Å². The number of alkyl halides is 1. The van der Waals surface area contributed by atoms with Crippen LogP contribution in [0.5, 0.6) is 0 Å². The van der Waals surface area contributed by atoms with Crippen molar-refractivity contribution >= 4 is 32.5 Å². The Morgan fingerprint density at radius 1 is 1.38 bits per heavy atom. The molecule has 6 heteroatoms. The van der Waals surface area contributed by atoms with Crippen molar-refractivity contribution < 1.29 is 8.42 Å². The second-order valence-electron chi connectivity index (χ2n) is 6.31. The summed E-state index contributed by atoms with van der Waals surface area (Å²) in [5.74, 6) is 1.03. The Balaban J connectivity index is 2.19. The summed E-state index contributed by atoms with van der Waals surface area (Å²) in [6, 6.07) is 5.31. The minimum absolute atomic E-state index is 0.273. The summed E-state index contributed by atoms with van der Waals surface area (Å²) in [5, 5.41) is 0. The molecule has 0 saturated heterocycles. The van der Waals surface area contributed by atoms with Crippen LogP contribution in [0, 0.1) is 5.41 Å². The molecule has 0 radical (unpaired) electrons. The predicted octanol–water partition coefficient (Wildman–Crippen LogP) is 3.37. The number of benzene rings is 1. The summed E-state index contributed by atoms with van der Waals surface area (Å²) in [7, 11) is -3.30. The van der Waals surface area contributed by atoms with Crippen LogP contribution in [0.3, 0.4) is 0 Å². The highest BCUT2D eigenvalue weighted by Crippen LogP contribution is 2.42. The van der Waals surface area contributed by atoms with Crippen molar-refractivity contribution in [3.8, 4) is 0 Å². The molecule has 0 atom stereocenters. The van der Waals surface area contributed by atoms with Crippen LogP contribution in [-0.2, 0) is 22.3 Å². The van der Waals surface area contributed by atoms with Gasteiger partial charge in [-0.25, -0.2) is 13.4 Å². The van der Waals surface area contributed by atoms with Crippen molar-refractivity contribution in [2.75, 3.05) is 6.26 Å². The monoisotopic (exact) mass is 326 g/mol. The van der Waals surface area contributed by atoms with Gasteiger partial charge in [0.05, 0.1) is 16.3 Å². The van der Waals surface area contributed by atoms with Crippen LogP contribution in [0.4, 0.5) is 0 Å². The van der Waals surface area contributed by atoms with E-state index in [0.29, 0.717) is 5.52 Å². The Hall–Kier alpha value is -1.07. The number of nitrogens with zero attached hydrogens (tertiary/aromatic N) is 2. The molecular formula is C15H19ClN2O2S. The number of imidazole rings is 1. The Morgan fingerprint density at radius 3 is 2.62 bits per heavy atom. The summed E-state index contributed by atoms with van der Waals surface area (Å²) < 4.78 is 25.9. The van der Waals surface area contributed by atoms with Gasteiger partial charge in [-0.15, -0.1) is 11.6 Å². The molecule has 0 N–H and O–H groups in total. The third-order valence-corrected chi connectivity index (χ3v) is 5.81. The normalized spacial score (nSPS) is 17.9. The third kappa shape index (κ3) is 2.57. The molecule has 1 fully saturated rings. The molecule has 0 aliphatic heterocycles. The van der Waals surface area contributed by atoms with E-state index in [1.807, 2.05) is 6.07 Å². The number of halogens is 1. The Kier molecular flexibility index (Phi) is 3.53. The van der Waals surface area contributed by atoms with Crippen molar-refractivity contribution in [3.63, 3.8) is 0 Å². The van der Waals surface area contributed by atoms with Gasteiger partial charge in [0.25, 0.3) is 0 Å². The summed E-state index contributed by atoms with van der Waals surface area (Å²) in [6.07, 6.45) is 4.86. The van der Waals surface area contributed by atoms with Gasteiger partial charge in [-0.1, -0.05) is 19.4 Å². The van der Waals surface area contributed by atoms with Crippen molar-refractivity contribution in [1.82, 2.24) is 9.55 Å². The number of hydrogen-bond donors (Lipinski definition) is 0. The second-order valence-corrected chi connectivity index (χ2v) is 8.56. The first kappa shape index (κ1) is 14.9. The van der Waals surface area contributed by atoms with Gasteiger partial charge in [0.15, 0.2) is 9.84 Å². The van der Waals surface area contributed by atoms with E-state index in [-0.39, 0.29) is 16.2 Å². The van der Waals surface area contributed by atoms with Gasteiger partial charge in [-0.3, -0.25) is 0 Å². The Labute approximate surface area is 130 Å². The fourth-order valence-electron chi connectivity index (χ4n) is 3.07. The lowest BCUT2D eigenvalue weighted by atomic mass is 9.70. The van der Waals surface area contributed by atoms with Crippen LogP contribution < -0.4 is 0 Å². The lowest BCUT2D eigenvalue weighted by molar-refractivity contribution is 0.133. The Bertz CT molecular complexity index is 791. The standard InChI is InChI=1S/C15H19ClN2O2S/c1-15(7-4-8-15)10-18-11-5-3-6-12(21(2,19)20)14(11)17-13(18)9-16/h3,5-6H,4,7-10H2,1-2H3. The van der Waals surface area contributed by atoms with Crippen LogP contribution in [0.15, 0.2) is 23.1 Å². The molecule has 2 aromatic rings.